The van der Waals surface area contributed by atoms with Crippen LogP contribution in [-0.4, -0.2) is 35.2 Å². The summed E-state index contributed by atoms with van der Waals surface area (Å²) < 4.78 is 11.3. The van der Waals surface area contributed by atoms with Gasteiger partial charge < -0.3 is 9.47 Å². The number of hydrogen-bond donors (Lipinski definition) is 0. The summed E-state index contributed by atoms with van der Waals surface area (Å²) in [7, 11) is 0. The van der Waals surface area contributed by atoms with E-state index in [-0.39, 0.29) is 12.0 Å². The Bertz CT molecular complexity index is 913. The molecule has 0 spiro atoms. The van der Waals surface area contributed by atoms with Crippen molar-refractivity contribution < 1.29 is 14.3 Å². The van der Waals surface area contributed by atoms with E-state index in [1.54, 1.807) is 29.4 Å². The third kappa shape index (κ3) is 4.18. The Morgan fingerprint density at radius 2 is 1.86 bits per heavy atom. The van der Waals surface area contributed by atoms with E-state index in [0.29, 0.717) is 37.0 Å². The van der Waals surface area contributed by atoms with Gasteiger partial charge in [0.25, 0.3) is 5.91 Å². The molecule has 0 bridgehead atoms. The Kier molecular flexibility index (Phi) is 5.58. The summed E-state index contributed by atoms with van der Waals surface area (Å²) in [6.07, 6.45) is 4.01. The Morgan fingerprint density at radius 3 is 2.61 bits per heavy atom. The first-order valence-corrected chi connectivity index (χ1v) is 9.27. The number of nitrogens with zero attached hydrogens (tertiary/aromatic N) is 3. The fraction of sp³-hybridized carbons (Fsp3) is 0.227. The summed E-state index contributed by atoms with van der Waals surface area (Å²) in [5, 5.41) is 0. The van der Waals surface area contributed by atoms with Gasteiger partial charge in [0.05, 0.1) is 19.8 Å². The molecule has 4 rings (SSSR count). The van der Waals surface area contributed by atoms with Crippen LogP contribution in [0.5, 0.6) is 5.88 Å². The van der Waals surface area contributed by atoms with E-state index in [1.807, 2.05) is 48.5 Å². The zero-order valence-electron chi connectivity index (χ0n) is 15.4. The molecule has 28 heavy (non-hydrogen) atoms. The van der Waals surface area contributed by atoms with Crippen molar-refractivity contribution in [1.82, 2.24) is 9.97 Å². The van der Waals surface area contributed by atoms with Crippen molar-refractivity contribution in [2.75, 3.05) is 18.1 Å². The van der Waals surface area contributed by atoms with Gasteiger partial charge >= 0.3 is 0 Å². The highest BCUT2D eigenvalue weighted by atomic mass is 16.5. The normalized spacial score (nSPS) is 15.9. The molecule has 3 aromatic rings. The number of pyridine rings is 2. The Labute approximate surface area is 163 Å². The quantitative estimate of drug-likeness (QED) is 0.660. The maximum absolute atomic E-state index is 13.5. The lowest BCUT2D eigenvalue weighted by Crippen LogP contribution is -2.32. The molecule has 1 aliphatic heterocycles. The highest BCUT2D eigenvalue weighted by Gasteiger charge is 2.26. The van der Waals surface area contributed by atoms with Crippen LogP contribution >= 0.6 is 0 Å². The van der Waals surface area contributed by atoms with Crippen LogP contribution in [0.4, 0.5) is 5.82 Å². The van der Waals surface area contributed by atoms with Crippen molar-refractivity contribution in [3.63, 3.8) is 0 Å². The lowest BCUT2D eigenvalue weighted by Gasteiger charge is -2.23. The zero-order chi connectivity index (χ0) is 19.2. The third-order valence-electron chi connectivity index (χ3n) is 4.52. The number of benzene rings is 1. The molecule has 1 atom stereocenters. The van der Waals surface area contributed by atoms with Crippen LogP contribution in [0.25, 0.3) is 0 Å². The van der Waals surface area contributed by atoms with Gasteiger partial charge in [-0.25, -0.2) is 9.97 Å². The van der Waals surface area contributed by atoms with E-state index in [2.05, 4.69) is 9.97 Å². The Morgan fingerprint density at radius 1 is 1.04 bits per heavy atom. The van der Waals surface area contributed by atoms with Gasteiger partial charge in [-0.2, -0.15) is 0 Å². The molecular weight excluding hydrogens is 354 g/mol. The van der Waals surface area contributed by atoms with Crippen molar-refractivity contribution in [2.24, 2.45) is 0 Å². The fourth-order valence-electron chi connectivity index (χ4n) is 3.09. The summed E-state index contributed by atoms with van der Waals surface area (Å²) >= 11 is 0. The van der Waals surface area contributed by atoms with E-state index >= 15 is 0 Å². The minimum atomic E-state index is -0.204. The second-order valence-electron chi connectivity index (χ2n) is 6.52. The average Bonchev–Trinajstić information content (AvgIpc) is 3.26. The molecule has 0 aliphatic carbocycles. The third-order valence-corrected chi connectivity index (χ3v) is 4.52. The van der Waals surface area contributed by atoms with Gasteiger partial charge in [-0.1, -0.05) is 36.4 Å². The number of amides is 1. The summed E-state index contributed by atoms with van der Waals surface area (Å²) in [5.74, 6) is 0.705. The molecule has 0 radical (unpaired) electrons. The van der Waals surface area contributed by atoms with Gasteiger partial charge in [-0.05, 0) is 29.8 Å². The van der Waals surface area contributed by atoms with Crippen LogP contribution in [0.1, 0.15) is 22.3 Å². The number of carbonyl (C=O) groups is 1. The number of hydrogen-bond acceptors (Lipinski definition) is 5. The molecule has 6 heteroatoms. The average molecular weight is 375 g/mol. The fourth-order valence-corrected chi connectivity index (χ4v) is 3.09. The van der Waals surface area contributed by atoms with E-state index in [1.165, 1.54) is 0 Å². The van der Waals surface area contributed by atoms with Gasteiger partial charge in [0.1, 0.15) is 17.5 Å². The number of rotatable bonds is 6. The first-order valence-electron chi connectivity index (χ1n) is 9.27. The number of ether oxygens (including phenoxy) is 2. The summed E-state index contributed by atoms with van der Waals surface area (Å²) in [6, 6.07) is 18.8. The van der Waals surface area contributed by atoms with E-state index in [0.717, 1.165) is 12.0 Å². The van der Waals surface area contributed by atoms with Crippen molar-refractivity contribution in [3.8, 4) is 5.88 Å². The minimum Gasteiger partial charge on any atom is -0.471 e. The predicted octanol–water partition coefficient (Wildman–Crippen LogP) is 3.49. The van der Waals surface area contributed by atoms with Gasteiger partial charge in [0.2, 0.25) is 5.88 Å². The van der Waals surface area contributed by atoms with Crippen LogP contribution in [0.3, 0.4) is 0 Å². The van der Waals surface area contributed by atoms with Crippen molar-refractivity contribution >= 4 is 11.7 Å². The standard InChI is InChI=1S/C22H21N3O3/c26-22(19-9-6-13-24-21(19)28-18-11-14-27-16-18)25(20-10-4-5-12-23-20)15-17-7-2-1-3-8-17/h1-10,12-13,18H,11,14-16H2/t18-/m0/s1. The Balaban J connectivity index is 1.65. The minimum absolute atomic E-state index is 0.0844. The maximum atomic E-state index is 13.5. The molecule has 0 N–H and O–H groups in total. The molecule has 0 unspecified atom stereocenters. The molecule has 2 aromatic heterocycles. The molecule has 1 fully saturated rings. The van der Waals surface area contributed by atoms with Crippen LogP contribution in [0.15, 0.2) is 73.1 Å². The smallest absolute Gasteiger partial charge is 0.265 e. The topological polar surface area (TPSA) is 64.6 Å². The zero-order valence-corrected chi connectivity index (χ0v) is 15.4. The number of carbonyl (C=O) groups excluding carboxylic acids is 1. The van der Waals surface area contributed by atoms with Crippen LogP contribution < -0.4 is 9.64 Å². The molecule has 3 heterocycles. The highest BCUT2D eigenvalue weighted by Crippen LogP contribution is 2.24. The van der Waals surface area contributed by atoms with Crippen LogP contribution in [-0.2, 0) is 11.3 Å². The van der Waals surface area contributed by atoms with Crippen molar-refractivity contribution in [2.45, 2.75) is 19.1 Å². The van der Waals surface area contributed by atoms with Gasteiger partial charge in [0, 0.05) is 18.8 Å². The first-order chi connectivity index (χ1) is 13.8. The second kappa shape index (κ2) is 8.63. The lowest BCUT2D eigenvalue weighted by molar-refractivity contribution is 0.0970. The molecule has 1 aliphatic rings. The number of aromatic nitrogens is 2. The van der Waals surface area contributed by atoms with Crippen LogP contribution in [0, 0.1) is 0 Å². The van der Waals surface area contributed by atoms with Crippen molar-refractivity contribution in [1.29, 1.82) is 0 Å². The second-order valence-corrected chi connectivity index (χ2v) is 6.52. The Hall–Kier alpha value is -3.25. The maximum Gasteiger partial charge on any atom is 0.265 e. The van der Waals surface area contributed by atoms with Gasteiger partial charge in [-0.15, -0.1) is 0 Å². The van der Waals surface area contributed by atoms with E-state index in [9.17, 15) is 4.79 Å². The van der Waals surface area contributed by atoms with Gasteiger partial charge in [0.15, 0.2) is 0 Å². The van der Waals surface area contributed by atoms with Gasteiger partial charge in [-0.3, -0.25) is 9.69 Å². The summed E-state index contributed by atoms with van der Waals surface area (Å²) in [5.41, 5.74) is 1.42. The van der Waals surface area contributed by atoms with Crippen molar-refractivity contribution in [3.05, 3.63) is 84.2 Å². The molecule has 1 saturated heterocycles. The molecule has 1 aromatic carbocycles. The first kappa shape index (κ1) is 18.1. The summed E-state index contributed by atoms with van der Waals surface area (Å²) in [6.45, 7) is 1.57. The lowest BCUT2D eigenvalue weighted by atomic mass is 10.1. The van der Waals surface area contributed by atoms with E-state index < -0.39 is 0 Å². The molecule has 0 saturated carbocycles. The molecule has 1 amide bonds. The molecular formula is C22H21N3O3. The van der Waals surface area contributed by atoms with Crippen LogP contribution in [0.2, 0.25) is 0 Å². The predicted molar refractivity (Wildman–Crippen MR) is 105 cm³/mol. The monoisotopic (exact) mass is 375 g/mol. The largest absolute Gasteiger partial charge is 0.471 e. The molecule has 6 nitrogen and oxygen atoms in total. The molecule has 142 valence electrons. The number of anilines is 1. The SMILES string of the molecule is O=C(c1cccnc1O[C@H]1CCOC1)N(Cc1ccccc1)c1ccccn1. The summed E-state index contributed by atoms with van der Waals surface area (Å²) in [4.78, 5) is 23.8. The van der Waals surface area contributed by atoms with E-state index in [4.69, 9.17) is 9.47 Å². The highest BCUT2D eigenvalue weighted by molar-refractivity contribution is 6.07.